The minimum absolute atomic E-state index is 0.152. The van der Waals surface area contributed by atoms with E-state index in [1.807, 2.05) is 36.4 Å². The van der Waals surface area contributed by atoms with Gasteiger partial charge >= 0.3 is 6.09 Å². The second-order valence-corrected chi connectivity index (χ2v) is 7.23. The van der Waals surface area contributed by atoms with Crippen molar-refractivity contribution >= 4 is 17.7 Å². The number of nitrogens with zero attached hydrogens (tertiary/aromatic N) is 3. The minimum atomic E-state index is -0.416. The zero-order valence-electron chi connectivity index (χ0n) is 15.5. The van der Waals surface area contributed by atoms with Gasteiger partial charge in [0.2, 0.25) is 5.91 Å². The number of cyclic esters (lactones) is 1. The van der Waals surface area contributed by atoms with Crippen LogP contribution in [0.4, 0.5) is 10.5 Å². The van der Waals surface area contributed by atoms with Crippen LogP contribution < -0.4 is 10.2 Å². The van der Waals surface area contributed by atoms with Gasteiger partial charge in [0.15, 0.2) is 0 Å². The molecule has 142 valence electrons. The number of ether oxygens (including phenoxy) is 1. The Morgan fingerprint density at radius 3 is 2.57 bits per heavy atom. The highest BCUT2D eigenvalue weighted by atomic mass is 16.6. The molecule has 1 aliphatic heterocycles. The molecule has 2 aromatic rings. The first-order chi connectivity index (χ1) is 13.5. The summed E-state index contributed by atoms with van der Waals surface area (Å²) in [5.41, 5.74) is 3.13. The molecule has 28 heavy (non-hydrogen) atoms. The molecular formula is C21H20N4O3. The van der Waals surface area contributed by atoms with Crippen LogP contribution in [0.5, 0.6) is 0 Å². The first-order valence-electron chi connectivity index (χ1n) is 9.21. The molecule has 2 aliphatic rings. The van der Waals surface area contributed by atoms with Gasteiger partial charge in [0.05, 0.1) is 30.3 Å². The molecule has 1 N–H and O–H groups in total. The lowest BCUT2D eigenvalue weighted by Crippen LogP contribution is -2.33. The van der Waals surface area contributed by atoms with Crippen molar-refractivity contribution < 1.29 is 14.3 Å². The molecule has 1 aromatic heterocycles. The van der Waals surface area contributed by atoms with E-state index in [0.717, 1.165) is 35.3 Å². The molecule has 1 saturated heterocycles. The van der Waals surface area contributed by atoms with E-state index in [-0.39, 0.29) is 17.4 Å². The maximum Gasteiger partial charge on any atom is 0.414 e. The largest absolute Gasteiger partial charge is 0.442 e. The summed E-state index contributed by atoms with van der Waals surface area (Å²) in [6, 6.07) is 13.8. The Labute approximate surface area is 162 Å². The molecular weight excluding hydrogens is 356 g/mol. The van der Waals surface area contributed by atoms with Crippen LogP contribution in [0.3, 0.4) is 0 Å². The van der Waals surface area contributed by atoms with Gasteiger partial charge in [-0.25, -0.2) is 4.79 Å². The molecule has 1 aliphatic carbocycles. The number of rotatable bonds is 5. The van der Waals surface area contributed by atoms with Gasteiger partial charge in [0.25, 0.3) is 0 Å². The predicted molar refractivity (Wildman–Crippen MR) is 102 cm³/mol. The first kappa shape index (κ1) is 18.0. The van der Waals surface area contributed by atoms with E-state index in [2.05, 4.69) is 16.4 Å². The summed E-state index contributed by atoms with van der Waals surface area (Å²) >= 11 is 0. The molecule has 4 rings (SSSR count). The summed E-state index contributed by atoms with van der Waals surface area (Å²) in [6.07, 6.45) is 2.76. The standard InChI is InChI=1S/C21H20N4O3/c1-14(26)23-11-18-12-25(20(27)28-18)17-5-2-15(3-6-17)16-4-7-19(24-10-16)21(13-22)8-9-21/h2-7,10,18H,8-9,11-12H2,1H3,(H,23,26)/t18-/m0/s1. The number of nitrogens with one attached hydrogen (secondary N) is 1. The topological polar surface area (TPSA) is 95.3 Å². The zero-order chi connectivity index (χ0) is 19.7. The van der Waals surface area contributed by atoms with Gasteiger partial charge in [-0.15, -0.1) is 0 Å². The van der Waals surface area contributed by atoms with E-state index < -0.39 is 6.09 Å². The van der Waals surface area contributed by atoms with Crippen molar-refractivity contribution in [3.8, 4) is 17.2 Å². The van der Waals surface area contributed by atoms with Crippen LogP contribution in [0.2, 0.25) is 0 Å². The van der Waals surface area contributed by atoms with Crippen molar-refractivity contribution in [2.45, 2.75) is 31.3 Å². The van der Waals surface area contributed by atoms with Gasteiger partial charge in [0, 0.05) is 24.4 Å². The van der Waals surface area contributed by atoms with Crippen LogP contribution in [0, 0.1) is 11.3 Å². The van der Waals surface area contributed by atoms with Crippen molar-refractivity contribution in [2.24, 2.45) is 0 Å². The minimum Gasteiger partial charge on any atom is -0.442 e. The van der Waals surface area contributed by atoms with Crippen molar-refractivity contribution in [2.75, 3.05) is 18.0 Å². The van der Waals surface area contributed by atoms with Gasteiger partial charge in [-0.1, -0.05) is 18.2 Å². The highest BCUT2D eigenvalue weighted by Gasteiger charge is 2.46. The molecule has 2 amide bonds. The number of hydrogen-bond acceptors (Lipinski definition) is 5. The number of aromatic nitrogens is 1. The molecule has 0 radical (unpaired) electrons. The van der Waals surface area contributed by atoms with E-state index in [1.54, 1.807) is 11.1 Å². The Balaban J connectivity index is 1.45. The Morgan fingerprint density at radius 2 is 2.00 bits per heavy atom. The normalized spacial score (nSPS) is 19.6. The summed E-state index contributed by atoms with van der Waals surface area (Å²) in [6.45, 7) is 2.13. The predicted octanol–water partition coefficient (Wildman–Crippen LogP) is 2.77. The fourth-order valence-electron chi connectivity index (χ4n) is 3.33. The van der Waals surface area contributed by atoms with Crippen LogP contribution in [-0.2, 0) is 14.9 Å². The molecule has 0 spiro atoms. The van der Waals surface area contributed by atoms with Crippen molar-refractivity contribution in [1.29, 1.82) is 5.26 Å². The monoisotopic (exact) mass is 376 g/mol. The molecule has 0 unspecified atom stereocenters. The summed E-state index contributed by atoms with van der Waals surface area (Å²) in [7, 11) is 0. The number of hydrogen-bond donors (Lipinski definition) is 1. The van der Waals surface area contributed by atoms with Gasteiger partial charge in [-0.05, 0) is 36.6 Å². The Kier molecular flexibility index (Phi) is 4.47. The number of nitriles is 1. The highest BCUT2D eigenvalue weighted by molar-refractivity contribution is 5.90. The zero-order valence-corrected chi connectivity index (χ0v) is 15.5. The number of carbonyl (C=O) groups excluding carboxylic acids is 2. The Morgan fingerprint density at radius 1 is 1.29 bits per heavy atom. The van der Waals surface area contributed by atoms with Gasteiger partial charge in [0.1, 0.15) is 6.10 Å². The van der Waals surface area contributed by atoms with E-state index in [9.17, 15) is 14.9 Å². The average molecular weight is 376 g/mol. The van der Waals surface area contributed by atoms with E-state index in [0.29, 0.717) is 13.1 Å². The second kappa shape index (κ2) is 6.97. The summed E-state index contributed by atoms with van der Waals surface area (Å²) < 4.78 is 5.29. The molecule has 1 saturated carbocycles. The van der Waals surface area contributed by atoms with Crippen LogP contribution in [0.1, 0.15) is 25.5 Å². The van der Waals surface area contributed by atoms with E-state index in [1.165, 1.54) is 6.92 Å². The third kappa shape index (κ3) is 3.41. The van der Waals surface area contributed by atoms with E-state index in [4.69, 9.17) is 4.74 Å². The lowest BCUT2D eigenvalue weighted by atomic mass is 10.0. The van der Waals surface area contributed by atoms with Crippen molar-refractivity contribution in [3.05, 3.63) is 48.3 Å². The second-order valence-electron chi connectivity index (χ2n) is 7.23. The number of benzene rings is 1. The van der Waals surface area contributed by atoms with Gasteiger partial charge in [-0.3, -0.25) is 14.7 Å². The molecule has 1 atom stereocenters. The van der Waals surface area contributed by atoms with Crippen LogP contribution in [0.25, 0.3) is 11.1 Å². The summed E-state index contributed by atoms with van der Waals surface area (Å²) in [4.78, 5) is 29.2. The van der Waals surface area contributed by atoms with Crippen molar-refractivity contribution in [1.82, 2.24) is 10.3 Å². The maximum absolute atomic E-state index is 12.1. The average Bonchev–Trinajstić information content (AvgIpc) is 3.43. The summed E-state index contributed by atoms with van der Waals surface area (Å²) in [5.74, 6) is -0.152. The number of anilines is 1. The fourth-order valence-corrected chi connectivity index (χ4v) is 3.33. The lowest BCUT2D eigenvalue weighted by molar-refractivity contribution is -0.119. The summed E-state index contributed by atoms with van der Waals surface area (Å²) in [5, 5.41) is 11.9. The highest BCUT2D eigenvalue weighted by Crippen LogP contribution is 2.46. The third-order valence-corrected chi connectivity index (χ3v) is 5.18. The number of pyridine rings is 1. The molecule has 2 heterocycles. The molecule has 2 fully saturated rings. The van der Waals surface area contributed by atoms with Crippen LogP contribution in [-0.4, -0.2) is 36.2 Å². The first-order valence-corrected chi connectivity index (χ1v) is 9.21. The lowest BCUT2D eigenvalue weighted by Gasteiger charge is -2.14. The van der Waals surface area contributed by atoms with Crippen molar-refractivity contribution in [3.63, 3.8) is 0 Å². The van der Waals surface area contributed by atoms with Gasteiger partial charge in [-0.2, -0.15) is 5.26 Å². The molecule has 0 bridgehead atoms. The molecule has 7 nitrogen and oxygen atoms in total. The number of carbonyl (C=O) groups is 2. The maximum atomic E-state index is 12.1. The Hall–Kier alpha value is -3.40. The smallest absolute Gasteiger partial charge is 0.414 e. The Bertz CT molecular complexity index is 943. The third-order valence-electron chi connectivity index (χ3n) is 5.18. The fraction of sp³-hybridized carbons (Fsp3) is 0.333. The number of amides is 2. The quantitative estimate of drug-likeness (QED) is 0.866. The SMILES string of the molecule is CC(=O)NC[C@H]1CN(c2ccc(-c3ccc(C4(C#N)CC4)nc3)cc2)C(=O)O1. The van der Waals surface area contributed by atoms with Crippen LogP contribution >= 0.6 is 0 Å². The van der Waals surface area contributed by atoms with E-state index >= 15 is 0 Å². The van der Waals surface area contributed by atoms with Crippen LogP contribution in [0.15, 0.2) is 42.6 Å². The molecule has 1 aromatic carbocycles. The molecule has 7 heteroatoms. The van der Waals surface area contributed by atoms with Gasteiger partial charge < -0.3 is 10.1 Å².